The Labute approximate surface area is 143 Å². The van der Waals surface area contributed by atoms with E-state index in [1.165, 1.54) is 7.11 Å². The molecule has 0 radical (unpaired) electrons. The number of hydrogen-bond donors (Lipinski definition) is 1. The van der Waals surface area contributed by atoms with E-state index in [0.717, 1.165) is 21.8 Å². The van der Waals surface area contributed by atoms with Gasteiger partial charge in [-0.2, -0.15) is 0 Å². The van der Waals surface area contributed by atoms with Crippen LogP contribution < -0.4 is 5.32 Å². The van der Waals surface area contributed by atoms with Crippen LogP contribution in [0.15, 0.2) is 65.3 Å². The van der Waals surface area contributed by atoms with Crippen molar-refractivity contribution in [3.63, 3.8) is 0 Å². The van der Waals surface area contributed by atoms with Gasteiger partial charge in [-0.05, 0) is 42.0 Å². The van der Waals surface area contributed by atoms with Gasteiger partial charge in [-0.25, -0.2) is 4.98 Å². The number of nitrogens with zero attached hydrogens (tertiary/aromatic N) is 2. The maximum atomic E-state index is 12.3. The van der Waals surface area contributed by atoms with Crippen molar-refractivity contribution in [3.05, 3.63) is 71.2 Å². The molecule has 0 unspecified atom stereocenters. The standard InChI is InChI=1S/C18H15N3O2S/c1-23-20-12-13-2-4-14(5-3-13)17(22)21-16-8-6-15(7-9-16)18-19-10-11-24-18/h2-12H,1H3,(H,21,22)/b20-12+. The highest BCUT2D eigenvalue weighted by Crippen LogP contribution is 2.23. The van der Waals surface area contributed by atoms with E-state index in [1.807, 2.05) is 41.8 Å². The minimum absolute atomic E-state index is 0.160. The zero-order valence-corrected chi connectivity index (χ0v) is 13.8. The van der Waals surface area contributed by atoms with Crippen molar-refractivity contribution in [2.24, 2.45) is 5.16 Å². The predicted molar refractivity (Wildman–Crippen MR) is 96.5 cm³/mol. The normalized spacial score (nSPS) is 10.7. The van der Waals surface area contributed by atoms with E-state index in [0.29, 0.717) is 5.56 Å². The van der Waals surface area contributed by atoms with Gasteiger partial charge in [0.25, 0.3) is 5.91 Å². The fraction of sp³-hybridized carbons (Fsp3) is 0.0556. The van der Waals surface area contributed by atoms with Crippen molar-refractivity contribution in [1.29, 1.82) is 0 Å². The van der Waals surface area contributed by atoms with Crippen LogP contribution in [0.3, 0.4) is 0 Å². The van der Waals surface area contributed by atoms with E-state index in [2.05, 4.69) is 20.3 Å². The molecule has 2 aromatic carbocycles. The molecule has 1 heterocycles. The van der Waals surface area contributed by atoms with Gasteiger partial charge >= 0.3 is 0 Å². The minimum Gasteiger partial charge on any atom is -0.399 e. The lowest BCUT2D eigenvalue weighted by atomic mass is 10.1. The Kier molecular flexibility index (Phi) is 4.98. The lowest BCUT2D eigenvalue weighted by Crippen LogP contribution is -2.11. The number of aromatic nitrogens is 1. The fourth-order valence-electron chi connectivity index (χ4n) is 2.10. The number of carbonyl (C=O) groups is 1. The number of oxime groups is 1. The molecule has 0 aliphatic carbocycles. The SMILES string of the molecule is CO/N=C/c1ccc(C(=O)Nc2ccc(-c3nccs3)cc2)cc1. The molecule has 1 aromatic heterocycles. The zero-order chi connectivity index (χ0) is 16.8. The summed E-state index contributed by atoms with van der Waals surface area (Å²) in [5, 5.41) is 9.46. The molecule has 0 saturated heterocycles. The minimum atomic E-state index is -0.160. The first-order valence-electron chi connectivity index (χ1n) is 7.24. The van der Waals surface area contributed by atoms with Crippen LogP contribution in [0.5, 0.6) is 0 Å². The van der Waals surface area contributed by atoms with E-state index in [4.69, 9.17) is 0 Å². The quantitative estimate of drug-likeness (QED) is 0.564. The van der Waals surface area contributed by atoms with Crippen LogP contribution in [0, 0.1) is 0 Å². The Morgan fingerprint density at radius 2 is 1.92 bits per heavy atom. The second-order valence-electron chi connectivity index (χ2n) is 4.91. The number of rotatable bonds is 5. The Morgan fingerprint density at radius 3 is 2.54 bits per heavy atom. The van der Waals surface area contributed by atoms with Crippen molar-refractivity contribution in [2.45, 2.75) is 0 Å². The maximum Gasteiger partial charge on any atom is 0.255 e. The van der Waals surface area contributed by atoms with Gasteiger partial charge in [0.2, 0.25) is 0 Å². The van der Waals surface area contributed by atoms with E-state index in [9.17, 15) is 4.79 Å². The van der Waals surface area contributed by atoms with Gasteiger partial charge in [0.1, 0.15) is 12.1 Å². The highest BCUT2D eigenvalue weighted by Gasteiger charge is 2.06. The number of thiazole rings is 1. The number of anilines is 1. The highest BCUT2D eigenvalue weighted by molar-refractivity contribution is 7.13. The van der Waals surface area contributed by atoms with Gasteiger partial charge in [0.15, 0.2) is 0 Å². The summed E-state index contributed by atoms with van der Waals surface area (Å²) in [7, 11) is 1.48. The van der Waals surface area contributed by atoms with Crippen LogP contribution in [0.2, 0.25) is 0 Å². The molecule has 3 rings (SSSR count). The molecule has 3 aromatic rings. The first-order chi connectivity index (χ1) is 11.8. The van der Waals surface area contributed by atoms with Crippen molar-refractivity contribution >= 4 is 29.1 Å². The molecule has 6 heteroatoms. The van der Waals surface area contributed by atoms with Crippen molar-refractivity contribution < 1.29 is 9.63 Å². The van der Waals surface area contributed by atoms with Crippen LogP contribution in [0.25, 0.3) is 10.6 Å². The van der Waals surface area contributed by atoms with Crippen LogP contribution in [0.1, 0.15) is 15.9 Å². The summed E-state index contributed by atoms with van der Waals surface area (Å²) in [4.78, 5) is 21.2. The Morgan fingerprint density at radius 1 is 1.17 bits per heavy atom. The first kappa shape index (κ1) is 15.9. The third kappa shape index (κ3) is 3.85. The molecule has 0 fully saturated rings. The summed E-state index contributed by atoms with van der Waals surface area (Å²) < 4.78 is 0. The average molecular weight is 337 g/mol. The fourth-order valence-corrected chi connectivity index (χ4v) is 2.74. The smallest absolute Gasteiger partial charge is 0.255 e. The number of amides is 1. The van der Waals surface area contributed by atoms with E-state index < -0.39 is 0 Å². The Balaban J connectivity index is 1.67. The van der Waals surface area contributed by atoms with Crippen LogP contribution >= 0.6 is 11.3 Å². The van der Waals surface area contributed by atoms with E-state index in [1.54, 1.807) is 35.9 Å². The molecule has 0 atom stereocenters. The second-order valence-corrected chi connectivity index (χ2v) is 5.80. The highest BCUT2D eigenvalue weighted by atomic mass is 32.1. The van der Waals surface area contributed by atoms with Crippen LogP contribution in [-0.2, 0) is 4.84 Å². The second kappa shape index (κ2) is 7.52. The Hall–Kier alpha value is -2.99. The molecule has 24 heavy (non-hydrogen) atoms. The van der Waals surface area contributed by atoms with Gasteiger partial charge in [-0.3, -0.25) is 4.79 Å². The summed E-state index contributed by atoms with van der Waals surface area (Å²) >= 11 is 1.58. The lowest BCUT2D eigenvalue weighted by Gasteiger charge is -2.06. The number of nitrogens with one attached hydrogen (secondary N) is 1. The topological polar surface area (TPSA) is 63.6 Å². The summed E-state index contributed by atoms with van der Waals surface area (Å²) in [5.41, 5.74) is 3.21. The Bertz CT molecular complexity index is 826. The predicted octanol–water partition coefficient (Wildman–Crippen LogP) is 4.04. The van der Waals surface area contributed by atoms with Gasteiger partial charge in [-0.1, -0.05) is 17.3 Å². The molecule has 1 N–H and O–H groups in total. The molecule has 0 spiro atoms. The van der Waals surface area contributed by atoms with Gasteiger partial charge in [-0.15, -0.1) is 11.3 Å². The van der Waals surface area contributed by atoms with Crippen LogP contribution in [-0.4, -0.2) is 24.2 Å². The third-order valence-electron chi connectivity index (χ3n) is 3.30. The monoisotopic (exact) mass is 337 g/mol. The molecular weight excluding hydrogens is 322 g/mol. The molecule has 0 aliphatic rings. The number of hydrogen-bond acceptors (Lipinski definition) is 5. The van der Waals surface area contributed by atoms with Gasteiger partial charge < -0.3 is 10.2 Å². The largest absolute Gasteiger partial charge is 0.399 e. The molecule has 0 bridgehead atoms. The van der Waals surface area contributed by atoms with E-state index >= 15 is 0 Å². The van der Waals surface area contributed by atoms with Gasteiger partial charge in [0.05, 0.1) is 6.21 Å². The summed E-state index contributed by atoms with van der Waals surface area (Å²) in [5.74, 6) is -0.160. The maximum absolute atomic E-state index is 12.3. The summed E-state index contributed by atoms with van der Waals surface area (Å²) in [6.07, 6.45) is 3.36. The van der Waals surface area contributed by atoms with Crippen molar-refractivity contribution in [2.75, 3.05) is 12.4 Å². The van der Waals surface area contributed by atoms with Crippen molar-refractivity contribution in [1.82, 2.24) is 4.98 Å². The molecule has 120 valence electrons. The molecule has 0 saturated carbocycles. The molecule has 5 nitrogen and oxygen atoms in total. The number of benzene rings is 2. The van der Waals surface area contributed by atoms with Crippen LogP contribution in [0.4, 0.5) is 5.69 Å². The summed E-state index contributed by atoms with van der Waals surface area (Å²) in [6, 6.07) is 14.7. The molecule has 0 aliphatic heterocycles. The summed E-state index contributed by atoms with van der Waals surface area (Å²) in [6.45, 7) is 0. The van der Waals surface area contributed by atoms with E-state index in [-0.39, 0.29) is 5.91 Å². The lowest BCUT2D eigenvalue weighted by molar-refractivity contribution is 0.102. The van der Waals surface area contributed by atoms with Crippen molar-refractivity contribution in [3.8, 4) is 10.6 Å². The average Bonchev–Trinajstić information content (AvgIpc) is 3.15. The number of carbonyl (C=O) groups excluding carboxylic acids is 1. The molecule has 1 amide bonds. The first-order valence-corrected chi connectivity index (χ1v) is 8.12. The molecular formula is C18H15N3O2S. The van der Waals surface area contributed by atoms with Gasteiger partial charge in [0, 0.05) is 28.4 Å². The zero-order valence-electron chi connectivity index (χ0n) is 13.0. The third-order valence-corrected chi connectivity index (χ3v) is 4.12.